The highest BCUT2D eigenvalue weighted by Gasteiger charge is 2.16. The van der Waals surface area contributed by atoms with E-state index in [0.717, 1.165) is 0 Å². The quantitative estimate of drug-likeness (QED) is 0.380. The Hall–Kier alpha value is -2.06. The van der Waals surface area contributed by atoms with Crippen LogP contribution in [0.5, 0.6) is 0 Å². The molecule has 0 radical (unpaired) electrons. The zero-order valence-corrected chi connectivity index (χ0v) is 13.8. The molecule has 22 heavy (non-hydrogen) atoms. The smallest absolute Gasteiger partial charge is 0.0479 e. The second-order valence-electron chi connectivity index (χ2n) is 5.42. The van der Waals surface area contributed by atoms with Crippen molar-refractivity contribution in [3.63, 3.8) is 0 Å². The predicted octanol–water partition coefficient (Wildman–Crippen LogP) is 6.52. The van der Waals surface area contributed by atoms with Crippen LogP contribution in [0, 0.1) is 0 Å². The number of thiophene rings is 1. The summed E-state index contributed by atoms with van der Waals surface area (Å²) in [6.45, 7) is 4.00. The van der Waals surface area contributed by atoms with Crippen LogP contribution < -0.4 is 0 Å². The van der Waals surface area contributed by atoms with Crippen molar-refractivity contribution in [3.8, 4) is 0 Å². The molecule has 2 aromatic carbocycles. The molecule has 1 nitrogen and oxygen atoms in total. The molecule has 2 aromatic heterocycles. The molecule has 1 aliphatic rings. The SMILES string of the molecule is C1=Cc2sc3c(ccc4[nH]c5ccccc5c43)c2CC1.CC. The van der Waals surface area contributed by atoms with E-state index in [1.807, 2.05) is 25.2 Å². The molecule has 110 valence electrons. The number of nitrogens with one attached hydrogen (secondary N) is 1. The van der Waals surface area contributed by atoms with Gasteiger partial charge in [0.05, 0.1) is 0 Å². The number of hydrogen-bond donors (Lipinski definition) is 1. The normalized spacial score (nSPS) is 13.4. The van der Waals surface area contributed by atoms with Crippen molar-refractivity contribution >= 4 is 49.3 Å². The zero-order chi connectivity index (χ0) is 15.1. The fraction of sp³-hybridized carbons (Fsp3) is 0.200. The maximum atomic E-state index is 3.54. The molecule has 1 N–H and O–H groups in total. The number of rotatable bonds is 0. The van der Waals surface area contributed by atoms with Gasteiger partial charge in [0.25, 0.3) is 0 Å². The molecule has 1 aliphatic carbocycles. The summed E-state index contributed by atoms with van der Waals surface area (Å²) in [5, 5.41) is 4.19. The average molecular weight is 305 g/mol. The van der Waals surface area contributed by atoms with Crippen LogP contribution in [0.3, 0.4) is 0 Å². The van der Waals surface area contributed by atoms with Gasteiger partial charge in [0, 0.05) is 31.4 Å². The second-order valence-corrected chi connectivity index (χ2v) is 6.47. The molecular weight excluding hydrogens is 286 g/mol. The minimum Gasteiger partial charge on any atom is -0.354 e. The Labute approximate surface area is 134 Å². The van der Waals surface area contributed by atoms with Crippen LogP contribution >= 0.6 is 11.3 Å². The number of fused-ring (bicyclic) bond motifs is 7. The molecule has 0 unspecified atom stereocenters. The lowest BCUT2D eigenvalue weighted by molar-refractivity contribution is 1.01. The molecule has 0 aliphatic heterocycles. The van der Waals surface area contributed by atoms with Crippen molar-refractivity contribution in [2.45, 2.75) is 26.7 Å². The van der Waals surface area contributed by atoms with Gasteiger partial charge in [-0.05, 0) is 42.0 Å². The largest absolute Gasteiger partial charge is 0.354 e. The van der Waals surface area contributed by atoms with E-state index < -0.39 is 0 Å². The lowest BCUT2D eigenvalue weighted by Gasteiger charge is -2.04. The van der Waals surface area contributed by atoms with Crippen LogP contribution in [0.4, 0.5) is 0 Å². The van der Waals surface area contributed by atoms with Crippen molar-refractivity contribution in [2.75, 3.05) is 0 Å². The predicted molar refractivity (Wildman–Crippen MR) is 99.9 cm³/mol. The lowest BCUT2D eigenvalue weighted by Crippen LogP contribution is -1.88. The highest BCUT2D eigenvalue weighted by molar-refractivity contribution is 7.21. The molecule has 0 saturated carbocycles. The lowest BCUT2D eigenvalue weighted by atomic mass is 10.00. The Balaban J connectivity index is 0.000000602. The zero-order valence-electron chi connectivity index (χ0n) is 12.9. The van der Waals surface area contributed by atoms with Crippen molar-refractivity contribution in [1.82, 2.24) is 4.98 Å². The third-order valence-corrected chi connectivity index (χ3v) is 5.52. The topological polar surface area (TPSA) is 15.8 Å². The summed E-state index contributed by atoms with van der Waals surface area (Å²) < 4.78 is 1.44. The highest BCUT2D eigenvalue weighted by Crippen LogP contribution is 2.41. The molecule has 0 atom stereocenters. The molecule has 0 amide bonds. The van der Waals surface area contributed by atoms with Gasteiger partial charge in [-0.2, -0.15) is 0 Å². The first-order chi connectivity index (χ1) is 10.9. The number of aromatic nitrogens is 1. The van der Waals surface area contributed by atoms with Gasteiger partial charge in [0.2, 0.25) is 0 Å². The Morgan fingerprint density at radius 3 is 2.73 bits per heavy atom. The van der Waals surface area contributed by atoms with Gasteiger partial charge in [-0.15, -0.1) is 11.3 Å². The Bertz CT molecular complexity index is 1000. The Morgan fingerprint density at radius 2 is 1.82 bits per heavy atom. The van der Waals surface area contributed by atoms with E-state index in [9.17, 15) is 0 Å². The van der Waals surface area contributed by atoms with Gasteiger partial charge in [-0.1, -0.05) is 44.2 Å². The van der Waals surface area contributed by atoms with Gasteiger partial charge < -0.3 is 4.98 Å². The van der Waals surface area contributed by atoms with E-state index in [0.29, 0.717) is 0 Å². The average Bonchev–Trinajstić information content (AvgIpc) is 3.14. The van der Waals surface area contributed by atoms with E-state index in [1.54, 1.807) is 5.56 Å². The van der Waals surface area contributed by atoms with Gasteiger partial charge in [0.15, 0.2) is 0 Å². The van der Waals surface area contributed by atoms with Crippen LogP contribution in [0.15, 0.2) is 42.5 Å². The Kier molecular flexibility index (Phi) is 3.27. The standard InChI is InChI=1S/C18H13NS.C2H6/c1-3-7-14-13(6-1)17-15(19-14)10-9-12-11-5-2-4-8-16(11)20-18(12)17;1-2/h1,3-4,6-10,19H,2,5H2;1-2H3. The van der Waals surface area contributed by atoms with Gasteiger partial charge in [0.1, 0.15) is 0 Å². The third-order valence-electron chi connectivity index (χ3n) is 4.29. The number of allylic oxidation sites excluding steroid dienone is 1. The Morgan fingerprint density at radius 1 is 0.955 bits per heavy atom. The molecule has 2 heteroatoms. The summed E-state index contributed by atoms with van der Waals surface area (Å²) in [4.78, 5) is 4.99. The maximum Gasteiger partial charge on any atom is 0.0479 e. The van der Waals surface area contributed by atoms with Crippen LogP contribution in [0.1, 0.15) is 30.7 Å². The molecule has 2 heterocycles. The number of benzene rings is 2. The van der Waals surface area contributed by atoms with Crippen LogP contribution in [0.25, 0.3) is 38.0 Å². The van der Waals surface area contributed by atoms with E-state index in [4.69, 9.17) is 0 Å². The first-order valence-corrected chi connectivity index (χ1v) is 8.85. The molecule has 4 aromatic rings. The van der Waals surface area contributed by atoms with Crippen molar-refractivity contribution in [3.05, 3.63) is 52.9 Å². The van der Waals surface area contributed by atoms with Gasteiger partial charge in [-0.3, -0.25) is 0 Å². The molecular formula is C20H19NS. The minimum absolute atomic E-state index is 1.17. The highest BCUT2D eigenvalue weighted by atomic mass is 32.1. The number of aromatic amines is 1. The molecule has 0 saturated heterocycles. The van der Waals surface area contributed by atoms with Crippen LogP contribution in [-0.4, -0.2) is 4.98 Å². The van der Waals surface area contributed by atoms with E-state index in [2.05, 4.69) is 53.5 Å². The fourth-order valence-electron chi connectivity index (χ4n) is 3.37. The van der Waals surface area contributed by atoms with Crippen molar-refractivity contribution < 1.29 is 0 Å². The summed E-state index contributed by atoms with van der Waals surface area (Å²) >= 11 is 1.94. The number of para-hydroxylation sites is 1. The fourth-order valence-corrected chi connectivity index (χ4v) is 4.71. The molecule has 0 fully saturated rings. The number of hydrogen-bond acceptors (Lipinski definition) is 1. The first kappa shape index (κ1) is 13.6. The van der Waals surface area contributed by atoms with Gasteiger partial charge >= 0.3 is 0 Å². The summed E-state index contributed by atoms with van der Waals surface area (Å²) in [5.41, 5.74) is 4.03. The monoisotopic (exact) mass is 305 g/mol. The van der Waals surface area contributed by atoms with Crippen LogP contribution in [-0.2, 0) is 6.42 Å². The summed E-state index contributed by atoms with van der Waals surface area (Å²) in [7, 11) is 0. The summed E-state index contributed by atoms with van der Waals surface area (Å²) in [5.74, 6) is 0. The van der Waals surface area contributed by atoms with E-state index in [-0.39, 0.29) is 0 Å². The first-order valence-electron chi connectivity index (χ1n) is 8.03. The molecule has 0 spiro atoms. The molecule has 0 bridgehead atoms. The van der Waals surface area contributed by atoms with Gasteiger partial charge in [-0.25, -0.2) is 0 Å². The van der Waals surface area contributed by atoms with Crippen molar-refractivity contribution in [1.29, 1.82) is 0 Å². The maximum absolute atomic E-state index is 3.54. The van der Waals surface area contributed by atoms with Crippen molar-refractivity contribution in [2.24, 2.45) is 0 Å². The number of aryl methyl sites for hydroxylation is 1. The van der Waals surface area contributed by atoms with Crippen LogP contribution in [0.2, 0.25) is 0 Å². The summed E-state index contributed by atoms with van der Waals surface area (Å²) in [6.07, 6.45) is 6.94. The minimum atomic E-state index is 1.17. The number of H-pyrrole nitrogens is 1. The summed E-state index contributed by atoms with van der Waals surface area (Å²) in [6, 6.07) is 13.1. The van der Waals surface area contributed by atoms with E-state index in [1.165, 1.54) is 49.6 Å². The van der Waals surface area contributed by atoms with E-state index >= 15 is 0 Å². The third kappa shape index (κ3) is 1.84. The molecule has 5 rings (SSSR count). The second kappa shape index (κ2) is 5.29.